The number of ether oxygens (including phenoxy) is 1. The van der Waals surface area contributed by atoms with Crippen LogP contribution in [0.1, 0.15) is 18.9 Å². The van der Waals surface area contributed by atoms with E-state index in [0.29, 0.717) is 27.7 Å². The van der Waals surface area contributed by atoms with Gasteiger partial charge in [-0.2, -0.15) is 5.26 Å². The van der Waals surface area contributed by atoms with Crippen LogP contribution in [0.15, 0.2) is 71.8 Å². The molecule has 4 rings (SSSR count). The number of amides is 2. The Morgan fingerprint density at radius 3 is 2.47 bits per heavy atom. The zero-order valence-electron chi connectivity index (χ0n) is 17.0. The van der Waals surface area contributed by atoms with Crippen molar-refractivity contribution in [1.29, 1.82) is 5.26 Å². The summed E-state index contributed by atoms with van der Waals surface area (Å²) < 4.78 is 4.99. The summed E-state index contributed by atoms with van der Waals surface area (Å²) in [6.45, 7) is 1.29. The summed E-state index contributed by atoms with van der Waals surface area (Å²) in [6, 6.07) is 21.2. The fraction of sp³-hybridized carbons (Fsp3) is 0.125. The van der Waals surface area contributed by atoms with Crippen LogP contribution in [0.4, 0.5) is 5.69 Å². The first kappa shape index (κ1) is 21.3. The van der Waals surface area contributed by atoms with Gasteiger partial charge in [-0.25, -0.2) is 9.88 Å². The van der Waals surface area contributed by atoms with Crippen molar-refractivity contribution < 1.29 is 19.1 Å². The van der Waals surface area contributed by atoms with Crippen molar-refractivity contribution in [2.45, 2.75) is 23.6 Å². The lowest BCUT2D eigenvalue weighted by molar-refractivity contribution is -0.132. The molecule has 1 saturated heterocycles. The van der Waals surface area contributed by atoms with E-state index in [9.17, 15) is 19.6 Å². The summed E-state index contributed by atoms with van der Waals surface area (Å²) in [5.74, 6) is -0.852. The van der Waals surface area contributed by atoms with Crippen LogP contribution in [0, 0.1) is 11.3 Å². The summed E-state index contributed by atoms with van der Waals surface area (Å²) in [5.41, 5.74) is 2.31. The van der Waals surface area contributed by atoms with Gasteiger partial charge in [0.1, 0.15) is 16.8 Å². The van der Waals surface area contributed by atoms with Crippen molar-refractivity contribution in [3.8, 4) is 23.1 Å². The normalized spacial score (nSPS) is 15.5. The third-order valence-electron chi connectivity index (χ3n) is 4.77. The maximum Gasteiger partial charge on any atom is 0.308 e. The molecule has 0 N–H and O–H groups in total. The number of esters is 1. The van der Waals surface area contributed by atoms with Crippen molar-refractivity contribution in [3.63, 3.8) is 0 Å². The average molecular weight is 443 g/mol. The molecule has 158 valence electrons. The summed E-state index contributed by atoms with van der Waals surface area (Å²) in [7, 11) is 0. The van der Waals surface area contributed by atoms with Crippen molar-refractivity contribution >= 4 is 35.2 Å². The molecule has 1 unspecified atom stereocenters. The molecular formula is C24H17N3O4S. The second kappa shape index (κ2) is 9.04. The van der Waals surface area contributed by atoms with Gasteiger partial charge in [-0.05, 0) is 36.4 Å². The molecule has 7 nitrogen and oxygen atoms in total. The number of nitriles is 1. The molecule has 0 spiro atoms. The number of rotatable bonds is 5. The SMILES string of the molecule is CC(=O)Oc1ccc(N2C(=O)CC(Sc3nc(-c4ccccc4)ccc3C#N)C2=O)cc1. The van der Waals surface area contributed by atoms with Crippen LogP contribution in [0.25, 0.3) is 11.3 Å². The number of nitrogens with zero attached hydrogens (tertiary/aromatic N) is 3. The molecule has 2 amide bonds. The number of carbonyl (C=O) groups is 3. The first-order chi connectivity index (χ1) is 15.5. The van der Waals surface area contributed by atoms with Crippen molar-refractivity contribution in [1.82, 2.24) is 4.98 Å². The van der Waals surface area contributed by atoms with Gasteiger partial charge in [0.25, 0.3) is 0 Å². The lowest BCUT2D eigenvalue weighted by Gasteiger charge is -2.15. The molecule has 1 aliphatic rings. The fourth-order valence-electron chi connectivity index (χ4n) is 3.32. The van der Waals surface area contributed by atoms with E-state index in [1.807, 2.05) is 30.3 Å². The highest BCUT2D eigenvalue weighted by Gasteiger charge is 2.40. The van der Waals surface area contributed by atoms with Crippen LogP contribution >= 0.6 is 11.8 Å². The van der Waals surface area contributed by atoms with Crippen molar-refractivity contribution in [2.24, 2.45) is 0 Å². The van der Waals surface area contributed by atoms with E-state index in [0.717, 1.165) is 22.2 Å². The number of hydrogen-bond acceptors (Lipinski definition) is 7. The molecule has 32 heavy (non-hydrogen) atoms. The zero-order chi connectivity index (χ0) is 22.7. The Morgan fingerprint density at radius 2 is 1.81 bits per heavy atom. The van der Waals surface area contributed by atoms with Crippen LogP contribution in [-0.4, -0.2) is 28.0 Å². The monoisotopic (exact) mass is 443 g/mol. The molecule has 0 saturated carbocycles. The largest absolute Gasteiger partial charge is 0.427 e. The number of thioether (sulfide) groups is 1. The van der Waals surface area contributed by atoms with Gasteiger partial charge in [-0.1, -0.05) is 42.1 Å². The predicted molar refractivity (Wildman–Crippen MR) is 119 cm³/mol. The quantitative estimate of drug-likeness (QED) is 0.334. The third kappa shape index (κ3) is 4.38. The van der Waals surface area contributed by atoms with E-state index in [1.165, 1.54) is 19.1 Å². The molecule has 1 aliphatic heterocycles. The Morgan fingerprint density at radius 1 is 1.09 bits per heavy atom. The van der Waals surface area contributed by atoms with E-state index in [4.69, 9.17) is 4.74 Å². The standard InChI is InChI=1S/C24H17N3O4S/c1-15(28)31-19-10-8-18(9-11-19)27-22(29)13-21(24(27)30)32-23-17(14-25)7-12-20(26-23)16-5-3-2-4-6-16/h2-12,21H,13H2,1H3. The first-order valence-corrected chi connectivity index (χ1v) is 10.6. The Labute approximate surface area is 188 Å². The van der Waals surface area contributed by atoms with Gasteiger partial charge in [-0.3, -0.25) is 14.4 Å². The van der Waals surface area contributed by atoms with Crippen molar-refractivity contribution in [3.05, 3.63) is 72.3 Å². The summed E-state index contributed by atoms with van der Waals surface area (Å²) in [6.07, 6.45) is -0.00267. The molecule has 1 aromatic heterocycles. The number of hydrogen-bond donors (Lipinski definition) is 0. The van der Waals surface area contributed by atoms with Crippen LogP contribution in [0.5, 0.6) is 5.75 Å². The van der Waals surface area contributed by atoms with E-state index >= 15 is 0 Å². The van der Waals surface area contributed by atoms with Crippen LogP contribution in [0.3, 0.4) is 0 Å². The molecule has 2 aromatic carbocycles. The highest BCUT2D eigenvalue weighted by Crippen LogP contribution is 2.36. The highest BCUT2D eigenvalue weighted by molar-refractivity contribution is 8.00. The number of aromatic nitrogens is 1. The Balaban J connectivity index is 1.57. The highest BCUT2D eigenvalue weighted by atomic mass is 32.2. The molecule has 8 heteroatoms. The number of pyridine rings is 1. The number of carbonyl (C=O) groups excluding carboxylic acids is 3. The van der Waals surface area contributed by atoms with Crippen LogP contribution < -0.4 is 9.64 Å². The number of anilines is 1. The van der Waals surface area contributed by atoms with E-state index < -0.39 is 11.2 Å². The number of benzene rings is 2. The van der Waals surface area contributed by atoms with Gasteiger partial charge in [0.05, 0.1) is 22.2 Å². The molecule has 1 atom stereocenters. The van der Waals surface area contributed by atoms with Crippen LogP contribution in [-0.2, 0) is 14.4 Å². The Kier molecular flexibility index (Phi) is 6.01. The molecule has 0 bridgehead atoms. The van der Waals surface area contributed by atoms with Crippen molar-refractivity contribution in [2.75, 3.05) is 4.90 Å². The van der Waals surface area contributed by atoms with E-state index in [1.54, 1.807) is 24.3 Å². The molecular weight excluding hydrogens is 426 g/mol. The molecule has 0 aliphatic carbocycles. The van der Waals surface area contributed by atoms with Gasteiger partial charge in [0, 0.05) is 18.9 Å². The minimum Gasteiger partial charge on any atom is -0.427 e. The Hall–Kier alpha value is -3.96. The molecule has 0 radical (unpaired) electrons. The summed E-state index contributed by atoms with van der Waals surface area (Å²) in [4.78, 5) is 42.4. The lowest BCUT2D eigenvalue weighted by atomic mass is 10.1. The van der Waals surface area contributed by atoms with E-state index in [2.05, 4.69) is 11.1 Å². The third-order valence-corrected chi connectivity index (χ3v) is 5.95. The summed E-state index contributed by atoms with van der Waals surface area (Å²) in [5, 5.41) is 9.20. The molecule has 2 heterocycles. The minimum absolute atomic E-state index is 0.00267. The maximum atomic E-state index is 13.0. The number of imide groups is 1. The zero-order valence-corrected chi connectivity index (χ0v) is 17.8. The first-order valence-electron chi connectivity index (χ1n) is 9.75. The maximum absolute atomic E-state index is 13.0. The minimum atomic E-state index is -0.693. The van der Waals surface area contributed by atoms with Gasteiger partial charge in [0.2, 0.25) is 11.8 Å². The molecule has 3 aromatic rings. The average Bonchev–Trinajstić information content (AvgIpc) is 3.07. The van der Waals surface area contributed by atoms with Crippen LogP contribution in [0.2, 0.25) is 0 Å². The smallest absolute Gasteiger partial charge is 0.308 e. The van der Waals surface area contributed by atoms with Gasteiger partial charge in [-0.15, -0.1) is 0 Å². The van der Waals surface area contributed by atoms with Gasteiger partial charge >= 0.3 is 5.97 Å². The Bertz CT molecular complexity index is 1240. The predicted octanol–water partition coefficient (Wildman–Crippen LogP) is 3.97. The lowest BCUT2D eigenvalue weighted by Crippen LogP contribution is -2.31. The fourth-order valence-corrected chi connectivity index (χ4v) is 4.41. The molecule has 1 fully saturated rings. The van der Waals surface area contributed by atoms with E-state index in [-0.39, 0.29) is 18.2 Å². The van der Waals surface area contributed by atoms with Gasteiger partial charge in [0.15, 0.2) is 0 Å². The summed E-state index contributed by atoms with van der Waals surface area (Å²) >= 11 is 1.12. The van der Waals surface area contributed by atoms with Gasteiger partial charge < -0.3 is 4.74 Å². The topological polar surface area (TPSA) is 100 Å². The second-order valence-electron chi connectivity index (χ2n) is 6.99. The second-order valence-corrected chi connectivity index (χ2v) is 8.18.